The SMILES string of the molecule is CN(CC1CCCN1)C(=O)c1ccccc1OC(F)F. The van der Waals surface area contributed by atoms with Gasteiger partial charge < -0.3 is 15.0 Å². The van der Waals surface area contributed by atoms with E-state index in [1.807, 2.05) is 0 Å². The molecule has 6 heteroatoms. The highest BCUT2D eigenvalue weighted by atomic mass is 19.3. The second-order valence-electron chi connectivity index (χ2n) is 4.85. The maximum Gasteiger partial charge on any atom is 0.387 e. The molecule has 4 nitrogen and oxygen atoms in total. The van der Waals surface area contributed by atoms with Crippen LogP contribution < -0.4 is 10.1 Å². The van der Waals surface area contributed by atoms with Gasteiger partial charge in [-0.25, -0.2) is 0 Å². The first kappa shape index (κ1) is 14.7. The average molecular weight is 284 g/mol. The molecule has 0 bridgehead atoms. The summed E-state index contributed by atoms with van der Waals surface area (Å²) < 4.78 is 29.1. The molecule has 0 saturated carbocycles. The van der Waals surface area contributed by atoms with E-state index in [0.717, 1.165) is 19.4 Å². The molecule has 1 unspecified atom stereocenters. The van der Waals surface area contributed by atoms with Crippen molar-refractivity contribution in [2.45, 2.75) is 25.5 Å². The van der Waals surface area contributed by atoms with Crippen molar-refractivity contribution in [3.63, 3.8) is 0 Å². The summed E-state index contributed by atoms with van der Waals surface area (Å²) in [5.41, 5.74) is 0.160. The average Bonchev–Trinajstić information content (AvgIpc) is 2.90. The first-order chi connectivity index (χ1) is 9.58. The molecule has 1 fully saturated rings. The summed E-state index contributed by atoms with van der Waals surface area (Å²) in [6.45, 7) is -1.43. The molecule has 20 heavy (non-hydrogen) atoms. The van der Waals surface area contributed by atoms with Crippen LogP contribution in [-0.4, -0.2) is 43.6 Å². The lowest BCUT2D eigenvalue weighted by Gasteiger charge is -2.22. The lowest BCUT2D eigenvalue weighted by molar-refractivity contribution is -0.0502. The van der Waals surface area contributed by atoms with Gasteiger partial charge in [0.05, 0.1) is 5.56 Å². The Morgan fingerprint density at radius 3 is 2.90 bits per heavy atom. The quantitative estimate of drug-likeness (QED) is 0.900. The second kappa shape index (κ2) is 6.65. The van der Waals surface area contributed by atoms with Crippen molar-refractivity contribution >= 4 is 5.91 Å². The van der Waals surface area contributed by atoms with E-state index >= 15 is 0 Å². The fourth-order valence-electron chi connectivity index (χ4n) is 2.37. The van der Waals surface area contributed by atoms with Crippen LogP contribution in [-0.2, 0) is 0 Å². The second-order valence-corrected chi connectivity index (χ2v) is 4.85. The molecular weight excluding hydrogens is 266 g/mol. The first-order valence-corrected chi connectivity index (χ1v) is 6.60. The highest BCUT2D eigenvalue weighted by Crippen LogP contribution is 2.22. The van der Waals surface area contributed by atoms with Crippen molar-refractivity contribution < 1.29 is 18.3 Å². The van der Waals surface area contributed by atoms with Gasteiger partial charge >= 0.3 is 6.61 Å². The number of benzene rings is 1. The van der Waals surface area contributed by atoms with Crippen LogP contribution in [0.4, 0.5) is 8.78 Å². The summed E-state index contributed by atoms with van der Waals surface area (Å²) >= 11 is 0. The molecule has 110 valence electrons. The molecule has 1 aromatic rings. The van der Waals surface area contributed by atoms with Gasteiger partial charge in [-0.1, -0.05) is 12.1 Å². The fourth-order valence-corrected chi connectivity index (χ4v) is 2.37. The number of hydrogen-bond acceptors (Lipinski definition) is 3. The molecule has 1 heterocycles. The minimum absolute atomic E-state index is 0.0845. The van der Waals surface area contributed by atoms with Gasteiger partial charge in [0.2, 0.25) is 0 Å². The summed E-state index contributed by atoms with van der Waals surface area (Å²) in [5, 5.41) is 3.30. The number of halogens is 2. The largest absolute Gasteiger partial charge is 0.434 e. The van der Waals surface area contributed by atoms with Gasteiger partial charge in [0, 0.05) is 19.6 Å². The van der Waals surface area contributed by atoms with Gasteiger partial charge in [0.1, 0.15) is 5.75 Å². The Balaban J connectivity index is 2.07. The number of amides is 1. The lowest BCUT2D eigenvalue weighted by atomic mass is 10.1. The molecule has 1 aliphatic heterocycles. The first-order valence-electron chi connectivity index (χ1n) is 6.60. The number of para-hydroxylation sites is 1. The molecular formula is C14H18F2N2O2. The highest BCUT2D eigenvalue weighted by molar-refractivity contribution is 5.96. The van der Waals surface area contributed by atoms with E-state index in [1.54, 1.807) is 19.2 Å². The molecule has 1 N–H and O–H groups in total. The number of likely N-dealkylation sites (N-methyl/N-ethyl adjacent to an activating group) is 1. The number of carbonyl (C=O) groups excluding carboxylic acids is 1. The number of carbonyl (C=O) groups is 1. The summed E-state index contributed by atoms with van der Waals surface area (Å²) in [6, 6.07) is 6.34. The van der Waals surface area contributed by atoms with Crippen LogP contribution in [0.5, 0.6) is 5.75 Å². The predicted molar refractivity (Wildman–Crippen MR) is 71.1 cm³/mol. The van der Waals surface area contributed by atoms with Gasteiger partial charge in [-0.05, 0) is 31.5 Å². The molecule has 0 aliphatic carbocycles. The zero-order chi connectivity index (χ0) is 14.5. The van der Waals surface area contributed by atoms with E-state index in [0.29, 0.717) is 6.54 Å². The molecule has 0 radical (unpaired) electrons. The molecule has 1 amide bonds. The van der Waals surface area contributed by atoms with Gasteiger partial charge in [0.25, 0.3) is 5.91 Å². The molecule has 2 rings (SSSR count). The summed E-state index contributed by atoms with van der Waals surface area (Å²) in [6.07, 6.45) is 2.12. The van der Waals surface area contributed by atoms with Crippen molar-refractivity contribution in [2.75, 3.05) is 20.1 Å². The summed E-state index contributed by atoms with van der Waals surface area (Å²) in [7, 11) is 1.67. The van der Waals surface area contributed by atoms with Crippen LogP contribution in [0.1, 0.15) is 23.2 Å². The molecule has 1 atom stereocenters. The van der Waals surface area contributed by atoms with Gasteiger partial charge in [-0.3, -0.25) is 4.79 Å². The normalized spacial score (nSPS) is 18.3. The van der Waals surface area contributed by atoms with Crippen LogP contribution in [0.3, 0.4) is 0 Å². The topological polar surface area (TPSA) is 41.6 Å². The summed E-state index contributed by atoms with van der Waals surface area (Å²) in [4.78, 5) is 13.8. The molecule has 1 aromatic carbocycles. The van der Waals surface area contributed by atoms with E-state index in [2.05, 4.69) is 10.1 Å². The van der Waals surface area contributed by atoms with Crippen molar-refractivity contribution in [1.29, 1.82) is 0 Å². The van der Waals surface area contributed by atoms with Gasteiger partial charge in [-0.2, -0.15) is 8.78 Å². The number of alkyl halides is 2. The van der Waals surface area contributed by atoms with Gasteiger partial charge in [0.15, 0.2) is 0 Å². The van der Waals surface area contributed by atoms with Crippen molar-refractivity contribution in [1.82, 2.24) is 10.2 Å². The van der Waals surface area contributed by atoms with E-state index in [9.17, 15) is 13.6 Å². The Morgan fingerprint density at radius 2 is 2.25 bits per heavy atom. The highest BCUT2D eigenvalue weighted by Gasteiger charge is 2.22. The van der Waals surface area contributed by atoms with E-state index in [4.69, 9.17) is 0 Å². The number of nitrogens with one attached hydrogen (secondary N) is 1. The van der Waals surface area contributed by atoms with Crippen LogP contribution in [0.2, 0.25) is 0 Å². The Bertz CT molecular complexity index is 462. The molecule has 1 saturated heterocycles. The van der Waals surface area contributed by atoms with Crippen molar-refractivity contribution in [3.05, 3.63) is 29.8 Å². The number of rotatable bonds is 5. The zero-order valence-electron chi connectivity index (χ0n) is 11.3. The monoisotopic (exact) mass is 284 g/mol. The Kier molecular flexibility index (Phi) is 4.89. The third-order valence-electron chi connectivity index (χ3n) is 3.34. The van der Waals surface area contributed by atoms with E-state index < -0.39 is 6.61 Å². The Labute approximate surface area is 116 Å². The van der Waals surface area contributed by atoms with Crippen LogP contribution in [0.15, 0.2) is 24.3 Å². The number of ether oxygens (including phenoxy) is 1. The van der Waals surface area contributed by atoms with Crippen LogP contribution in [0, 0.1) is 0 Å². The molecule has 0 aromatic heterocycles. The Hall–Kier alpha value is -1.69. The van der Waals surface area contributed by atoms with E-state index in [-0.39, 0.29) is 23.3 Å². The minimum Gasteiger partial charge on any atom is -0.434 e. The van der Waals surface area contributed by atoms with Crippen LogP contribution in [0.25, 0.3) is 0 Å². The number of nitrogens with zero attached hydrogens (tertiary/aromatic N) is 1. The third kappa shape index (κ3) is 3.66. The van der Waals surface area contributed by atoms with Gasteiger partial charge in [-0.15, -0.1) is 0 Å². The number of hydrogen-bond donors (Lipinski definition) is 1. The maximum atomic E-state index is 12.3. The lowest BCUT2D eigenvalue weighted by Crippen LogP contribution is -2.38. The maximum absolute atomic E-state index is 12.3. The third-order valence-corrected chi connectivity index (χ3v) is 3.34. The van der Waals surface area contributed by atoms with Crippen LogP contribution >= 0.6 is 0 Å². The molecule has 1 aliphatic rings. The van der Waals surface area contributed by atoms with Crippen molar-refractivity contribution in [3.8, 4) is 5.75 Å². The van der Waals surface area contributed by atoms with Crippen molar-refractivity contribution in [2.24, 2.45) is 0 Å². The Morgan fingerprint density at radius 1 is 1.50 bits per heavy atom. The minimum atomic E-state index is -2.94. The smallest absolute Gasteiger partial charge is 0.387 e. The standard InChI is InChI=1S/C14H18F2N2O2/c1-18(9-10-5-4-8-17-10)13(19)11-6-2-3-7-12(11)20-14(15)16/h2-3,6-7,10,14,17H,4-5,8-9H2,1H3. The molecule has 0 spiro atoms. The van der Waals surface area contributed by atoms with E-state index in [1.165, 1.54) is 17.0 Å². The predicted octanol–water partition coefficient (Wildman–Crippen LogP) is 2.11. The zero-order valence-corrected chi connectivity index (χ0v) is 11.3. The fraction of sp³-hybridized carbons (Fsp3) is 0.500. The summed E-state index contributed by atoms with van der Waals surface area (Å²) in [5.74, 6) is -0.395.